The Hall–Kier alpha value is -0.923. The SMILES string of the molecule is CC(C)(C)OC(=O)N[C@@H](CC1CCCCC1)[C@H](O[Si](C)(C)C(C)(C)C)c1nccs1. The van der Waals surface area contributed by atoms with Crippen LogP contribution in [0.5, 0.6) is 0 Å². The molecule has 7 heteroatoms. The van der Waals surface area contributed by atoms with Crippen LogP contribution in [0.3, 0.4) is 0 Å². The van der Waals surface area contributed by atoms with Gasteiger partial charge in [0.15, 0.2) is 8.32 Å². The highest BCUT2D eigenvalue weighted by atomic mass is 32.1. The third kappa shape index (κ3) is 7.64. The smallest absolute Gasteiger partial charge is 0.407 e. The Morgan fingerprint density at radius 3 is 2.33 bits per heavy atom. The molecule has 1 N–H and O–H groups in total. The minimum atomic E-state index is -2.08. The van der Waals surface area contributed by atoms with Gasteiger partial charge in [0, 0.05) is 11.6 Å². The van der Waals surface area contributed by atoms with Crippen LogP contribution in [0.1, 0.15) is 91.2 Å². The molecule has 0 radical (unpaired) electrons. The summed E-state index contributed by atoms with van der Waals surface area (Å²) < 4.78 is 12.5. The lowest BCUT2D eigenvalue weighted by molar-refractivity contribution is 0.0404. The quantitative estimate of drug-likeness (QED) is 0.448. The van der Waals surface area contributed by atoms with Gasteiger partial charge in [-0.05, 0) is 51.2 Å². The number of rotatable bonds is 7. The van der Waals surface area contributed by atoms with Crippen molar-refractivity contribution in [2.24, 2.45) is 5.92 Å². The van der Waals surface area contributed by atoms with Crippen LogP contribution >= 0.6 is 11.3 Å². The summed E-state index contributed by atoms with van der Waals surface area (Å²) in [6.45, 7) is 17.0. The van der Waals surface area contributed by atoms with Crippen molar-refractivity contribution in [3.63, 3.8) is 0 Å². The van der Waals surface area contributed by atoms with Gasteiger partial charge in [-0.1, -0.05) is 52.9 Å². The maximum absolute atomic E-state index is 12.8. The standard InChI is InChI=1S/C23H42N2O3SSi/c1-22(2,3)27-21(26)25-18(16-17-12-10-9-11-13-17)19(20-24-14-15-29-20)28-30(7,8)23(4,5)6/h14-15,17-19H,9-13,16H2,1-8H3,(H,25,26)/t18-,19-/m0/s1. The van der Waals surface area contributed by atoms with Gasteiger partial charge in [0.2, 0.25) is 0 Å². The van der Waals surface area contributed by atoms with Crippen LogP contribution in [0.25, 0.3) is 0 Å². The molecule has 0 bridgehead atoms. The van der Waals surface area contributed by atoms with Crippen molar-refractivity contribution >= 4 is 25.7 Å². The molecule has 0 saturated heterocycles. The number of carbonyl (C=O) groups excluding carboxylic acids is 1. The maximum Gasteiger partial charge on any atom is 0.407 e. The fraction of sp³-hybridized carbons (Fsp3) is 0.826. The number of amides is 1. The van der Waals surface area contributed by atoms with Gasteiger partial charge in [-0.3, -0.25) is 0 Å². The van der Waals surface area contributed by atoms with Gasteiger partial charge in [-0.25, -0.2) is 9.78 Å². The molecule has 1 aromatic rings. The molecule has 0 unspecified atom stereocenters. The second-order valence-electron chi connectivity index (χ2n) is 11.2. The zero-order valence-corrected chi connectivity index (χ0v) is 22.0. The van der Waals surface area contributed by atoms with Crippen LogP contribution in [0, 0.1) is 5.92 Å². The zero-order valence-electron chi connectivity index (χ0n) is 20.2. The highest BCUT2D eigenvalue weighted by molar-refractivity contribution is 7.09. The number of aromatic nitrogens is 1. The van der Waals surface area contributed by atoms with Gasteiger partial charge in [0.25, 0.3) is 0 Å². The van der Waals surface area contributed by atoms with E-state index in [2.05, 4.69) is 44.2 Å². The Morgan fingerprint density at radius 2 is 1.83 bits per heavy atom. The summed E-state index contributed by atoms with van der Waals surface area (Å²) >= 11 is 1.61. The summed E-state index contributed by atoms with van der Waals surface area (Å²) in [7, 11) is -2.08. The number of nitrogens with zero attached hydrogens (tertiary/aromatic N) is 1. The minimum Gasteiger partial charge on any atom is -0.444 e. The van der Waals surface area contributed by atoms with E-state index in [1.54, 1.807) is 11.3 Å². The van der Waals surface area contributed by atoms with Gasteiger partial charge in [-0.15, -0.1) is 11.3 Å². The molecule has 0 aromatic carbocycles. The first-order valence-electron chi connectivity index (χ1n) is 11.4. The molecule has 1 saturated carbocycles. The fourth-order valence-corrected chi connectivity index (χ4v) is 5.75. The van der Waals surface area contributed by atoms with E-state index in [4.69, 9.17) is 9.16 Å². The molecule has 1 aliphatic carbocycles. The van der Waals surface area contributed by atoms with E-state index in [-0.39, 0.29) is 23.3 Å². The van der Waals surface area contributed by atoms with Crippen molar-refractivity contribution in [1.29, 1.82) is 0 Å². The van der Waals surface area contributed by atoms with Crippen LogP contribution in [0.4, 0.5) is 4.79 Å². The second kappa shape index (κ2) is 10.1. The number of ether oxygens (including phenoxy) is 1. The number of nitrogens with one attached hydrogen (secondary N) is 1. The summed E-state index contributed by atoms with van der Waals surface area (Å²) in [5, 5.41) is 6.19. The average molecular weight is 455 g/mol. The summed E-state index contributed by atoms with van der Waals surface area (Å²) in [5.74, 6) is 0.601. The molecule has 2 rings (SSSR count). The third-order valence-electron chi connectivity index (χ3n) is 6.30. The topological polar surface area (TPSA) is 60.5 Å². The zero-order chi connectivity index (χ0) is 22.6. The van der Waals surface area contributed by atoms with Gasteiger partial charge in [0.1, 0.15) is 16.7 Å². The first kappa shape index (κ1) is 25.3. The molecule has 30 heavy (non-hydrogen) atoms. The number of alkyl carbamates (subject to hydrolysis) is 1. The third-order valence-corrected chi connectivity index (χ3v) is 11.6. The first-order chi connectivity index (χ1) is 13.8. The molecular formula is C23H42N2O3SSi. The summed E-state index contributed by atoms with van der Waals surface area (Å²) in [6.07, 6.45) is 8.41. The van der Waals surface area contributed by atoms with E-state index in [1.165, 1.54) is 32.1 Å². The molecule has 1 fully saturated rings. The lowest BCUT2D eigenvalue weighted by atomic mass is 9.84. The van der Waals surface area contributed by atoms with Crippen molar-refractivity contribution in [2.45, 2.75) is 116 Å². The lowest BCUT2D eigenvalue weighted by Crippen LogP contribution is -2.49. The van der Waals surface area contributed by atoms with Crippen molar-refractivity contribution in [2.75, 3.05) is 0 Å². The number of carbonyl (C=O) groups is 1. The van der Waals surface area contributed by atoms with E-state index < -0.39 is 13.9 Å². The Balaban J connectivity index is 2.31. The van der Waals surface area contributed by atoms with Crippen molar-refractivity contribution in [3.8, 4) is 0 Å². The van der Waals surface area contributed by atoms with Crippen LogP contribution < -0.4 is 5.32 Å². The number of hydrogen-bond acceptors (Lipinski definition) is 5. The highest BCUT2D eigenvalue weighted by Crippen LogP contribution is 2.42. The predicted molar refractivity (Wildman–Crippen MR) is 127 cm³/mol. The summed E-state index contributed by atoms with van der Waals surface area (Å²) in [6, 6.07) is -0.150. The summed E-state index contributed by atoms with van der Waals surface area (Å²) in [5.41, 5.74) is -0.531. The Bertz CT molecular complexity index is 659. The van der Waals surface area contributed by atoms with Crippen LogP contribution in [-0.2, 0) is 9.16 Å². The lowest BCUT2D eigenvalue weighted by Gasteiger charge is -2.41. The largest absolute Gasteiger partial charge is 0.444 e. The monoisotopic (exact) mass is 454 g/mol. The van der Waals surface area contributed by atoms with Crippen molar-refractivity contribution < 1.29 is 14.0 Å². The molecule has 172 valence electrons. The van der Waals surface area contributed by atoms with E-state index in [9.17, 15) is 4.79 Å². The molecule has 1 amide bonds. The molecule has 0 aliphatic heterocycles. The Kier molecular flexibility index (Phi) is 8.56. The van der Waals surface area contributed by atoms with Crippen molar-refractivity contribution in [3.05, 3.63) is 16.6 Å². The molecular weight excluding hydrogens is 412 g/mol. The molecule has 2 atom stereocenters. The van der Waals surface area contributed by atoms with Gasteiger partial charge >= 0.3 is 6.09 Å². The van der Waals surface area contributed by atoms with Gasteiger partial charge in [0.05, 0.1) is 6.04 Å². The number of hydrogen-bond donors (Lipinski definition) is 1. The normalized spacial score (nSPS) is 18.7. The van der Waals surface area contributed by atoms with Crippen LogP contribution in [0.15, 0.2) is 11.6 Å². The molecule has 1 heterocycles. The van der Waals surface area contributed by atoms with E-state index in [0.29, 0.717) is 5.92 Å². The maximum atomic E-state index is 12.8. The first-order valence-corrected chi connectivity index (χ1v) is 15.1. The Morgan fingerprint density at radius 1 is 1.20 bits per heavy atom. The van der Waals surface area contributed by atoms with Crippen LogP contribution in [-0.4, -0.2) is 31.0 Å². The molecule has 5 nitrogen and oxygen atoms in total. The van der Waals surface area contributed by atoms with E-state index >= 15 is 0 Å². The number of thiazole rings is 1. The average Bonchev–Trinajstić information content (AvgIpc) is 3.11. The summed E-state index contributed by atoms with van der Waals surface area (Å²) in [4.78, 5) is 17.4. The second-order valence-corrected chi connectivity index (χ2v) is 16.8. The minimum absolute atomic E-state index is 0.0732. The Labute approximate surface area is 188 Å². The molecule has 1 aliphatic rings. The predicted octanol–water partition coefficient (Wildman–Crippen LogP) is 7.07. The fourth-order valence-electron chi connectivity index (χ4n) is 3.67. The highest BCUT2D eigenvalue weighted by Gasteiger charge is 2.43. The molecule has 1 aromatic heterocycles. The van der Waals surface area contributed by atoms with Crippen molar-refractivity contribution in [1.82, 2.24) is 10.3 Å². The molecule has 0 spiro atoms. The van der Waals surface area contributed by atoms with Gasteiger partial charge < -0.3 is 14.5 Å². The van der Waals surface area contributed by atoms with E-state index in [0.717, 1.165) is 11.4 Å². The van der Waals surface area contributed by atoms with Crippen LogP contribution in [0.2, 0.25) is 18.1 Å². The van der Waals surface area contributed by atoms with Gasteiger partial charge in [-0.2, -0.15) is 0 Å². The van der Waals surface area contributed by atoms with E-state index in [1.807, 2.05) is 32.3 Å².